The average Bonchev–Trinajstić information content (AvgIpc) is 2.39. The van der Waals surface area contributed by atoms with Gasteiger partial charge in [0.15, 0.2) is 0 Å². The van der Waals surface area contributed by atoms with Crippen molar-refractivity contribution in [3.8, 4) is 0 Å². The quantitative estimate of drug-likeness (QED) is 0.777. The molecule has 0 bridgehead atoms. The number of nitrogens with one attached hydrogen (secondary N) is 1. The normalized spacial score (nSPS) is 12.5. The molecule has 1 N–H and O–H groups in total. The summed E-state index contributed by atoms with van der Waals surface area (Å²) in [7, 11) is 1.91. The SMILES string of the molecule is CNC(c1cc(C)ccc1Br)c1cccc(Cl)c1Cl. The molecule has 0 heterocycles. The molecule has 0 radical (unpaired) electrons. The van der Waals surface area contributed by atoms with Gasteiger partial charge in [0.2, 0.25) is 0 Å². The molecule has 19 heavy (non-hydrogen) atoms. The van der Waals surface area contributed by atoms with E-state index in [0.29, 0.717) is 10.0 Å². The van der Waals surface area contributed by atoms with Gasteiger partial charge in [-0.25, -0.2) is 0 Å². The summed E-state index contributed by atoms with van der Waals surface area (Å²) in [5.74, 6) is 0. The summed E-state index contributed by atoms with van der Waals surface area (Å²) in [5, 5.41) is 4.46. The molecule has 2 aromatic rings. The lowest BCUT2D eigenvalue weighted by Crippen LogP contribution is -2.18. The second-order valence-corrected chi connectivity index (χ2v) is 6.03. The van der Waals surface area contributed by atoms with Crippen LogP contribution in [0, 0.1) is 6.92 Å². The Morgan fingerprint density at radius 2 is 1.84 bits per heavy atom. The van der Waals surface area contributed by atoms with Gasteiger partial charge in [0.05, 0.1) is 16.1 Å². The maximum atomic E-state index is 6.32. The van der Waals surface area contributed by atoms with E-state index in [9.17, 15) is 0 Å². The van der Waals surface area contributed by atoms with Gasteiger partial charge in [-0.2, -0.15) is 0 Å². The first-order chi connectivity index (χ1) is 9.04. The molecule has 1 nitrogen and oxygen atoms in total. The molecule has 0 saturated heterocycles. The maximum absolute atomic E-state index is 6.32. The monoisotopic (exact) mass is 357 g/mol. The third-order valence-corrected chi connectivity index (χ3v) is 4.60. The standard InChI is InChI=1S/C15H14BrCl2N/c1-9-6-7-12(16)11(8-9)15(19-2)10-4-3-5-13(17)14(10)18/h3-8,15,19H,1-2H3. The van der Waals surface area contributed by atoms with Crippen molar-refractivity contribution in [3.05, 3.63) is 67.6 Å². The third-order valence-electron chi connectivity index (χ3n) is 3.04. The fourth-order valence-electron chi connectivity index (χ4n) is 2.11. The van der Waals surface area contributed by atoms with E-state index in [-0.39, 0.29) is 6.04 Å². The number of rotatable bonds is 3. The molecule has 0 amide bonds. The molecule has 1 unspecified atom stereocenters. The van der Waals surface area contributed by atoms with Crippen molar-refractivity contribution in [1.29, 1.82) is 0 Å². The highest BCUT2D eigenvalue weighted by atomic mass is 79.9. The molecule has 0 aromatic heterocycles. The van der Waals surface area contributed by atoms with Crippen molar-refractivity contribution in [3.63, 3.8) is 0 Å². The number of benzene rings is 2. The zero-order valence-corrected chi connectivity index (χ0v) is 13.8. The smallest absolute Gasteiger partial charge is 0.0643 e. The highest BCUT2D eigenvalue weighted by Crippen LogP contribution is 2.35. The van der Waals surface area contributed by atoms with Crippen molar-refractivity contribution in [2.24, 2.45) is 0 Å². The molecular formula is C15H14BrCl2N. The molecule has 0 aliphatic heterocycles. The van der Waals surface area contributed by atoms with Crippen LogP contribution in [-0.2, 0) is 0 Å². The molecule has 0 spiro atoms. The van der Waals surface area contributed by atoms with Crippen LogP contribution in [-0.4, -0.2) is 7.05 Å². The van der Waals surface area contributed by atoms with Gasteiger partial charge in [0.25, 0.3) is 0 Å². The van der Waals surface area contributed by atoms with Crippen molar-refractivity contribution < 1.29 is 0 Å². The van der Waals surface area contributed by atoms with Crippen molar-refractivity contribution in [2.75, 3.05) is 7.05 Å². The van der Waals surface area contributed by atoms with Crippen LogP contribution < -0.4 is 5.32 Å². The van der Waals surface area contributed by atoms with Gasteiger partial charge in [-0.05, 0) is 37.2 Å². The highest BCUT2D eigenvalue weighted by molar-refractivity contribution is 9.10. The van der Waals surface area contributed by atoms with E-state index in [0.717, 1.165) is 15.6 Å². The Kier molecular flexibility index (Phi) is 4.91. The fraction of sp³-hybridized carbons (Fsp3) is 0.200. The second-order valence-electron chi connectivity index (χ2n) is 4.39. The number of halogens is 3. The number of aryl methyl sites for hydroxylation is 1. The lowest BCUT2D eigenvalue weighted by atomic mass is 9.97. The van der Waals surface area contributed by atoms with E-state index in [1.54, 1.807) is 6.07 Å². The lowest BCUT2D eigenvalue weighted by molar-refractivity contribution is 0.688. The number of hydrogen-bond donors (Lipinski definition) is 1. The van der Waals surface area contributed by atoms with Crippen LogP contribution in [0.15, 0.2) is 40.9 Å². The van der Waals surface area contributed by atoms with E-state index in [1.165, 1.54) is 5.56 Å². The Bertz CT molecular complexity index is 597. The average molecular weight is 359 g/mol. The number of hydrogen-bond acceptors (Lipinski definition) is 1. The van der Waals surface area contributed by atoms with Crippen LogP contribution in [0.1, 0.15) is 22.7 Å². The predicted octanol–water partition coefficient (Wildman–Crippen LogP) is 5.37. The summed E-state index contributed by atoms with van der Waals surface area (Å²) in [6.45, 7) is 2.07. The van der Waals surface area contributed by atoms with Crippen LogP contribution in [0.2, 0.25) is 10.0 Å². The molecule has 2 aromatic carbocycles. The largest absolute Gasteiger partial charge is 0.309 e. The fourth-order valence-corrected chi connectivity index (χ4v) is 3.00. The van der Waals surface area contributed by atoms with Crippen LogP contribution in [0.3, 0.4) is 0 Å². The zero-order chi connectivity index (χ0) is 14.0. The molecule has 0 fully saturated rings. The van der Waals surface area contributed by atoms with Gasteiger partial charge in [0.1, 0.15) is 0 Å². The third kappa shape index (κ3) is 3.14. The van der Waals surface area contributed by atoms with Gasteiger partial charge in [-0.3, -0.25) is 0 Å². The van der Waals surface area contributed by atoms with Gasteiger partial charge in [-0.15, -0.1) is 0 Å². The summed E-state index contributed by atoms with van der Waals surface area (Å²) in [4.78, 5) is 0. The highest BCUT2D eigenvalue weighted by Gasteiger charge is 2.18. The van der Waals surface area contributed by atoms with E-state index < -0.39 is 0 Å². The summed E-state index contributed by atoms with van der Waals surface area (Å²) in [6.07, 6.45) is 0. The van der Waals surface area contributed by atoms with E-state index in [4.69, 9.17) is 23.2 Å². The van der Waals surface area contributed by atoms with E-state index in [1.807, 2.05) is 25.2 Å². The molecule has 0 aliphatic rings. The molecule has 4 heteroatoms. The maximum Gasteiger partial charge on any atom is 0.0643 e. The zero-order valence-electron chi connectivity index (χ0n) is 10.7. The van der Waals surface area contributed by atoms with Crippen LogP contribution in [0.25, 0.3) is 0 Å². The Balaban J connectivity index is 2.56. The predicted molar refractivity (Wildman–Crippen MR) is 86.2 cm³/mol. The van der Waals surface area contributed by atoms with Gasteiger partial charge in [0, 0.05) is 4.47 Å². The van der Waals surface area contributed by atoms with Crippen LogP contribution >= 0.6 is 39.1 Å². The summed E-state index contributed by atoms with van der Waals surface area (Å²) >= 11 is 16.0. The Hall–Kier alpha value is -0.540. The Labute approximate surface area is 132 Å². The van der Waals surface area contributed by atoms with Gasteiger partial charge >= 0.3 is 0 Å². The van der Waals surface area contributed by atoms with Gasteiger partial charge in [-0.1, -0.05) is 69.0 Å². The van der Waals surface area contributed by atoms with E-state index in [2.05, 4.69) is 40.3 Å². The van der Waals surface area contributed by atoms with Gasteiger partial charge < -0.3 is 5.32 Å². The minimum Gasteiger partial charge on any atom is -0.309 e. The summed E-state index contributed by atoms with van der Waals surface area (Å²) < 4.78 is 1.05. The first kappa shape index (κ1) is 14.9. The first-order valence-electron chi connectivity index (χ1n) is 5.92. The first-order valence-corrected chi connectivity index (χ1v) is 7.46. The second kappa shape index (κ2) is 6.27. The summed E-state index contributed by atoms with van der Waals surface area (Å²) in [5.41, 5.74) is 3.33. The van der Waals surface area contributed by atoms with Crippen LogP contribution in [0.5, 0.6) is 0 Å². The summed E-state index contributed by atoms with van der Waals surface area (Å²) in [6, 6.07) is 12.0. The van der Waals surface area contributed by atoms with Crippen molar-refractivity contribution >= 4 is 39.1 Å². The molecule has 0 aliphatic carbocycles. The van der Waals surface area contributed by atoms with Crippen molar-refractivity contribution in [2.45, 2.75) is 13.0 Å². The molecule has 1 atom stereocenters. The molecule has 2 rings (SSSR count). The van der Waals surface area contributed by atoms with Crippen molar-refractivity contribution in [1.82, 2.24) is 5.32 Å². The minimum absolute atomic E-state index is 0.000440. The van der Waals surface area contributed by atoms with E-state index >= 15 is 0 Å². The minimum atomic E-state index is 0.000440. The van der Waals surface area contributed by atoms with Crippen LogP contribution in [0.4, 0.5) is 0 Å². The molecule has 0 saturated carbocycles. The molecule has 100 valence electrons. The Morgan fingerprint density at radius 1 is 1.11 bits per heavy atom. The Morgan fingerprint density at radius 3 is 2.53 bits per heavy atom. The lowest BCUT2D eigenvalue weighted by Gasteiger charge is -2.21. The molecular weight excluding hydrogens is 345 g/mol. The topological polar surface area (TPSA) is 12.0 Å².